The molecule has 0 fully saturated rings. The highest BCUT2D eigenvalue weighted by atomic mass is 16.5. The first-order valence-electron chi connectivity index (χ1n) is 6.02. The Kier molecular flexibility index (Phi) is 3.80. The molecule has 2 aromatic rings. The zero-order valence-corrected chi connectivity index (χ0v) is 10.8. The molecule has 1 aromatic heterocycles. The Morgan fingerprint density at radius 1 is 1.26 bits per heavy atom. The maximum absolute atomic E-state index is 11.0. The Balaban J connectivity index is 2.46. The van der Waals surface area contributed by atoms with Gasteiger partial charge in [0.2, 0.25) is 0 Å². The highest BCUT2D eigenvalue weighted by Crippen LogP contribution is 2.30. The lowest BCUT2D eigenvalue weighted by atomic mass is 10.0. The predicted molar refractivity (Wildman–Crippen MR) is 72.4 cm³/mol. The van der Waals surface area contributed by atoms with E-state index < -0.39 is 5.97 Å². The number of hydrogen-bond acceptors (Lipinski definition) is 3. The molecule has 0 aliphatic heterocycles. The number of benzene rings is 1. The molecule has 0 amide bonds. The largest absolute Gasteiger partial charge is 0.490 e. The van der Waals surface area contributed by atoms with Gasteiger partial charge in [-0.3, -0.25) is 4.98 Å². The van der Waals surface area contributed by atoms with Gasteiger partial charge < -0.3 is 9.84 Å². The van der Waals surface area contributed by atoms with E-state index >= 15 is 0 Å². The Morgan fingerprint density at radius 2 is 2.00 bits per heavy atom. The molecule has 2 rings (SSSR count). The number of ether oxygens (including phenoxy) is 1. The first-order chi connectivity index (χ1) is 9.08. The number of para-hydroxylation sites is 1. The summed E-state index contributed by atoms with van der Waals surface area (Å²) in [6, 6.07) is 9.12. The van der Waals surface area contributed by atoms with Crippen molar-refractivity contribution in [2.24, 2.45) is 0 Å². The molecule has 0 aliphatic carbocycles. The van der Waals surface area contributed by atoms with Gasteiger partial charge in [0.1, 0.15) is 5.75 Å². The van der Waals surface area contributed by atoms with Crippen LogP contribution in [0.5, 0.6) is 5.75 Å². The molecule has 0 aliphatic rings. The predicted octanol–water partition coefficient (Wildman–Crippen LogP) is 3.23. The highest BCUT2D eigenvalue weighted by Gasteiger charge is 2.10. The van der Waals surface area contributed by atoms with Crippen LogP contribution in [0.2, 0.25) is 0 Å². The maximum Gasteiger partial charge on any atom is 0.337 e. The Hall–Kier alpha value is -2.36. The fraction of sp³-hybridized carbons (Fsp3) is 0.200. The van der Waals surface area contributed by atoms with E-state index in [1.165, 1.54) is 6.20 Å². The fourth-order valence-corrected chi connectivity index (χ4v) is 1.77. The lowest BCUT2D eigenvalue weighted by Gasteiger charge is -2.14. The number of hydrogen-bond donors (Lipinski definition) is 1. The molecule has 1 heterocycles. The summed E-state index contributed by atoms with van der Waals surface area (Å²) in [6.45, 7) is 3.89. The van der Waals surface area contributed by atoms with Crippen LogP contribution in [0.3, 0.4) is 0 Å². The summed E-state index contributed by atoms with van der Waals surface area (Å²) >= 11 is 0. The molecular weight excluding hydrogens is 242 g/mol. The number of carboxylic acids is 1. The molecule has 98 valence electrons. The molecule has 0 saturated carbocycles. The van der Waals surface area contributed by atoms with Crippen molar-refractivity contribution in [2.75, 3.05) is 0 Å². The normalized spacial score (nSPS) is 10.5. The van der Waals surface area contributed by atoms with E-state index in [1.807, 2.05) is 38.1 Å². The number of carboxylic acid groups (broad SMARTS) is 1. The van der Waals surface area contributed by atoms with Crippen molar-refractivity contribution in [3.05, 3.63) is 48.3 Å². The Bertz CT molecular complexity index is 593. The lowest BCUT2D eigenvalue weighted by molar-refractivity contribution is 0.0696. The van der Waals surface area contributed by atoms with E-state index in [0.29, 0.717) is 0 Å². The number of rotatable bonds is 4. The molecule has 19 heavy (non-hydrogen) atoms. The summed E-state index contributed by atoms with van der Waals surface area (Å²) in [7, 11) is 0. The van der Waals surface area contributed by atoms with Crippen LogP contribution in [0.4, 0.5) is 0 Å². The summed E-state index contributed by atoms with van der Waals surface area (Å²) in [4.78, 5) is 14.9. The van der Waals surface area contributed by atoms with E-state index in [1.54, 1.807) is 12.3 Å². The second-order valence-corrected chi connectivity index (χ2v) is 4.43. The third-order valence-corrected chi connectivity index (χ3v) is 2.55. The molecule has 1 N–H and O–H groups in total. The third-order valence-electron chi connectivity index (χ3n) is 2.55. The number of pyridine rings is 1. The summed E-state index contributed by atoms with van der Waals surface area (Å²) in [5.41, 5.74) is 1.74. The van der Waals surface area contributed by atoms with E-state index in [2.05, 4.69) is 4.98 Å². The van der Waals surface area contributed by atoms with Crippen LogP contribution in [-0.4, -0.2) is 22.2 Å². The van der Waals surface area contributed by atoms with Crippen molar-refractivity contribution in [1.82, 2.24) is 4.98 Å². The van der Waals surface area contributed by atoms with E-state index in [-0.39, 0.29) is 11.7 Å². The Labute approximate surface area is 111 Å². The van der Waals surface area contributed by atoms with Gasteiger partial charge in [-0.1, -0.05) is 18.2 Å². The van der Waals surface area contributed by atoms with Crippen molar-refractivity contribution >= 4 is 5.97 Å². The molecule has 0 spiro atoms. The second-order valence-electron chi connectivity index (χ2n) is 4.43. The summed E-state index contributed by atoms with van der Waals surface area (Å²) in [5.74, 6) is -0.265. The first kappa shape index (κ1) is 13.1. The second kappa shape index (κ2) is 5.52. The van der Waals surface area contributed by atoms with Crippen LogP contribution < -0.4 is 4.74 Å². The van der Waals surface area contributed by atoms with Gasteiger partial charge >= 0.3 is 5.97 Å². The SMILES string of the molecule is CC(C)Oc1ccccc1-c1cncc(C(=O)O)c1. The van der Waals surface area contributed by atoms with Gasteiger partial charge in [0.15, 0.2) is 0 Å². The molecule has 0 bridgehead atoms. The quantitative estimate of drug-likeness (QED) is 0.913. The van der Waals surface area contributed by atoms with Crippen LogP contribution in [0.25, 0.3) is 11.1 Å². The summed E-state index contributed by atoms with van der Waals surface area (Å²) < 4.78 is 5.72. The minimum Gasteiger partial charge on any atom is -0.490 e. The molecule has 0 radical (unpaired) electrons. The number of aromatic carboxylic acids is 1. The smallest absolute Gasteiger partial charge is 0.337 e. The standard InChI is InChI=1S/C15H15NO3/c1-10(2)19-14-6-4-3-5-13(14)11-7-12(15(17)18)9-16-8-11/h3-10H,1-2H3,(H,17,18). The van der Waals surface area contributed by atoms with Crippen LogP contribution in [0, 0.1) is 0 Å². The molecular formula is C15H15NO3. The van der Waals surface area contributed by atoms with Crippen LogP contribution in [-0.2, 0) is 0 Å². The van der Waals surface area contributed by atoms with E-state index in [4.69, 9.17) is 9.84 Å². The van der Waals surface area contributed by atoms with Crippen molar-refractivity contribution in [1.29, 1.82) is 0 Å². The molecule has 4 heteroatoms. The average molecular weight is 257 g/mol. The summed E-state index contributed by atoms with van der Waals surface area (Å²) in [5, 5.41) is 9.00. The zero-order chi connectivity index (χ0) is 13.8. The van der Waals surface area contributed by atoms with Crippen molar-refractivity contribution < 1.29 is 14.6 Å². The van der Waals surface area contributed by atoms with Gasteiger partial charge in [-0.25, -0.2) is 4.79 Å². The minimum absolute atomic E-state index is 0.0526. The first-order valence-corrected chi connectivity index (χ1v) is 6.02. The van der Waals surface area contributed by atoms with Gasteiger partial charge in [0.05, 0.1) is 11.7 Å². The van der Waals surface area contributed by atoms with Gasteiger partial charge in [-0.15, -0.1) is 0 Å². The molecule has 0 saturated heterocycles. The van der Waals surface area contributed by atoms with E-state index in [0.717, 1.165) is 16.9 Å². The summed E-state index contributed by atoms with van der Waals surface area (Å²) in [6.07, 6.45) is 3.02. The third kappa shape index (κ3) is 3.10. The maximum atomic E-state index is 11.0. The number of aromatic nitrogens is 1. The highest BCUT2D eigenvalue weighted by molar-refractivity contribution is 5.89. The van der Waals surface area contributed by atoms with Crippen molar-refractivity contribution in [3.8, 4) is 16.9 Å². The average Bonchev–Trinajstić information content (AvgIpc) is 2.39. The monoisotopic (exact) mass is 257 g/mol. The van der Waals surface area contributed by atoms with Crippen LogP contribution >= 0.6 is 0 Å². The Morgan fingerprint density at radius 3 is 2.68 bits per heavy atom. The van der Waals surface area contributed by atoms with E-state index in [9.17, 15) is 4.79 Å². The molecule has 0 unspecified atom stereocenters. The molecule has 4 nitrogen and oxygen atoms in total. The molecule has 0 atom stereocenters. The fourth-order valence-electron chi connectivity index (χ4n) is 1.77. The minimum atomic E-state index is -0.989. The zero-order valence-electron chi connectivity index (χ0n) is 10.8. The van der Waals surface area contributed by atoms with Crippen molar-refractivity contribution in [3.63, 3.8) is 0 Å². The van der Waals surface area contributed by atoms with Crippen molar-refractivity contribution in [2.45, 2.75) is 20.0 Å². The van der Waals surface area contributed by atoms with Crippen LogP contribution in [0.1, 0.15) is 24.2 Å². The van der Waals surface area contributed by atoms with Gasteiger partial charge in [-0.05, 0) is 26.0 Å². The number of nitrogens with zero attached hydrogens (tertiary/aromatic N) is 1. The van der Waals surface area contributed by atoms with Gasteiger partial charge in [-0.2, -0.15) is 0 Å². The number of carbonyl (C=O) groups is 1. The lowest BCUT2D eigenvalue weighted by Crippen LogP contribution is -2.06. The van der Waals surface area contributed by atoms with Gasteiger partial charge in [0, 0.05) is 23.5 Å². The van der Waals surface area contributed by atoms with Crippen LogP contribution in [0.15, 0.2) is 42.7 Å². The topological polar surface area (TPSA) is 59.4 Å². The molecule has 1 aromatic carbocycles. The van der Waals surface area contributed by atoms with Gasteiger partial charge in [0.25, 0.3) is 0 Å².